The van der Waals surface area contributed by atoms with Crippen LogP contribution in [0.2, 0.25) is 0 Å². The molecule has 1 aromatic heterocycles. The molecule has 1 heterocycles. The number of nitrogens with zero attached hydrogens (tertiary/aromatic N) is 1. The Labute approximate surface area is 139 Å². The summed E-state index contributed by atoms with van der Waals surface area (Å²) in [5.74, 6) is 1.37. The lowest BCUT2D eigenvalue weighted by Gasteiger charge is -2.17. The quantitative estimate of drug-likeness (QED) is 0.781. The Morgan fingerprint density at radius 1 is 1.17 bits per heavy atom. The van der Waals surface area contributed by atoms with Gasteiger partial charge in [-0.15, -0.1) is 0 Å². The molecule has 0 aliphatic heterocycles. The number of hydrogen-bond donors (Lipinski definition) is 1. The summed E-state index contributed by atoms with van der Waals surface area (Å²) < 4.78 is 5.92. The number of amides is 1. The van der Waals surface area contributed by atoms with E-state index >= 15 is 0 Å². The molecule has 1 unspecified atom stereocenters. The number of aromatic nitrogens is 1. The monoisotopic (exact) mass is 318 g/mol. The van der Waals surface area contributed by atoms with Crippen molar-refractivity contribution in [2.45, 2.75) is 25.3 Å². The number of nitrogens with one attached hydrogen (secondary N) is 1. The fourth-order valence-electron chi connectivity index (χ4n) is 3.46. The van der Waals surface area contributed by atoms with Gasteiger partial charge in [0.2, 0.25) is 11.8 Å². The van der Waals surface area contributed by atoms with Gasteiger partial charge >= 0.3 is 0 Å². The molecular weight excluding hydrogens is 300 g/mol. The van der Waals surface area contributed by atoms with E-state index in [-0.39, 0.29) is 17.4 Å². The first-order valence-electron chi connectivity index (χ1n) is 8.45. The molecule has 4 nitrogen and oxygen atoms in total. The minimum absolute atomic E-state index is 0.0546. The third kappa shape index (κ3) is 2.21. The molecule has 1 atom stereocenters. The summed E-state index contributed by atoms with van der Waals surface area (Å²) in [4.78, 5) is 17.2. The predicted molar refractivity (Wildman–Crippen MR) is 90.2 cm³/mol. The largest absolute Gasteiger partial charge is 0.438 e. The summed E-state index contributed by atoms with van der Waals surface area (Å²) in [5.41, 5.74) is 2.69. The second-order valence-electron chi connectivity index (χ2n) is 7.00. The van der Waals surface area contributed by atoms with Crippen molar-refractivity contribution in [2.75, 3.05) is 0 Å². The molecular formula is C20H18N2O2. The molecule has 2 aliphatic rings. The lowest BCUT2D eigenvalue weighted by molar-refractivity contribution is -0.125. The average molecular weight is 318 g/mol. The molecule has 2 aromatic carbocycles. The van der Waals surface area contributed by atoms with Gasteiger partial charge in [0.15, 0.2) is 5.58 Å². The maximum atomic E-state index is 12.6. The Balaban J connectivity index is 1.46. The summed E-state index contributed by atoms with van der Waals surface area (Å²) in [7, 11) is 0. The highest BCUT2D eigenvalue weighted by atomic mass is 16.3. The molecule has 5 rings (SSSR count). The minimum atomic E-state index is -0.233. The van der Waals surface area contributed by atoms with Gasteiger partial charge in [0.25, 0.3) is 0 Å². The summed E-state index contributed by atoms with van der Waals surface area (Å²) in [5, 5.41) is 3.19. The molecule has 24 heavy (non-hydrogen) atoms. The molecule has 2 saturated carbocycles. The van der Waals surface area contributed by atoms with E-state index in [0.717, 1.165) is 29.5 Å². The standard InChI is InChI=1S/C20H18N2O2/c23-19(20-11-14(20)12-20)22-16(10-13-6-2-1-3-7-13)18-21-15-8-4-5-9-17(15)24-18/h1-9,14,16H,10-12H2,(H,22,23). The van der Waals surface area contributed by atoms with Gasteiger partial charge in [0, 0.05) is 6.42 Å². The second kappa shape index (κ2) is 4.94. The van der Waals surface area contributed by atoms with Gasteiger partial charge in [-0.3, -0.25) is 4.79 Å². The van der Waals surface area contributed by atoms with Crippen molar-refractivity contribution in [1.29, 1.82) is 0 Å². The lowest BCUT2D eigenvalue weighted by Crippen LogP contribution is -2.33. The maximum Gasteiger partial charge on any atom is 0.227 e. The number of carbonyl (C=O) groups excluding carboxylic acids is 1. The van der Waals surface area contributed by atoms with Crippen LogP contribution in [0, 0.1) is 11.3 Å². The maximum absolute atomic E-state index is 12.6. The third-order valence-electron chi connectivity index (χ3n) is 5.33. The average Bonchev–Trinajstić information content (AvgIpc) is 3.42. The number of oxazole rings is 1. The van der Waals surface area contributed by atoms with Gasteiger partial charge in [-0.2, -0.15) is 0 Å². The minimum Gasteiger partial charge on any atom is -0.438 e. The van der Waals surface area contributed by atoms with Crippen molar-refractivity contribution >= 4 is 17.0 Å². The Kier molecular flexibility index (Phi) is 2.84. The van der Waals surface area contributed by atoms with Crippen molar-refractivity contribution in [3.8, 4) is 0 Å². The van der Waals surface area contributed by atoms with Crippen LogP contribution in [0.1, 0.15) is 30.3 Å². The first-order valence-corrected chi connectivity index (χ1v) is 8.45. The van der Waals surface area contributed by atoms with Crippen molar-refractivity contribution in [3.63, 3.8) is 0 Å². The molecule has 0 bridgehead atoms. The van der Waals surface area contributed by atoms with Crippen LogP contribution in [0.5, 0.6) is 0 Å². The predicted octanol–water partition coefficient (Wildman–Crippen LogP) is 3.64. The Morgan fingerprint density at radius 2 is 1.88 bits per heavy atom. The summed E-state index contributed by atoms with van der Waals surface area (Å²) in [6, 6.07) is 17.6. The molecule has 0 radical (unpaired) electrons. The van der Waals surface area contributed by atoms with Gasteiger partial charge in [-0.1, -0.05) is 42.5 Å². The van der Waals surface area contributed by atoms with Crippen molar-refractivity contribution < 1.29 is 9.21 Å². The molecule has 120 valence electrons. The zero-order chi connectivity index (χ0) is 16.1. The SMILES string of the molecule is O=C(NC(Cc1ccccc1)c1nc2ccccc2o1)C12CC1C2. The van der Waals surface area contributed by atoms with Gasteiger partial charge in [0.1, 0.15) is 11.6 Å². The van der Waals surface area contributed by atoms with Crippen LogP contribution in [-0.4, -0.2) is 10.9 Å². The van der Waals surface area contributed by atoms with E-state index in [9.17, 15) is 4.79 Å². The van der Waals surface area contributed by atoms with Crippen LogP contribution in [-0.2, 0) is 11.2 Å². The second-order valence-corrected chi connectivity index (χ2v) is 7.00. The lowest BCUT2D eigenvalue weighted by atomic mass is 10.0. The first-order chi connectivity index (χ1) is 11.7. The fourth-order valence-corrected chi connectivity index (χ4v) is 3.46. The Bertz CT molecular complexity index is 877. The summed E-state index contributed by atoms with van der Waals surface area (Å²) >= 11 is 0. The van der Waals surface area contributed by atoms with E-state index in [1.54, 1.807) is 0 Å². The molecule has 1 N–H and O–H groups in total. The van der Waals surface area contributed by atoms with Crippen LogP contribution in [0.25, 0.3) is 11.1 Å². The number of benzene rings is 2. The number of hydrogen-bond acceptors (Lipinski definition) is 3. The van der Waals surface area contributed by atoms with Gasteiger partial charge in [-0.05, 0) is 36.5 Å². The molecule has 3 aromatic rings. The van der Waals surface area contributed by atoms with Crippen LogP contribution >= 0.6 is 0 Å². The molecule has 0 spiro atoms. The van der Waals surface area contributed by atoms with Crippen LogP contribution in [0.4, 0.5) is 0 Å². The van der Waals surface area contributed by atoms with E-state index in [1.807, 2.05) is 42.5 Å². The summed E-state index contributed by atoms with van der Waals surface area (Å²) in [6.07, 6.45) is 2.77. The highest BCUT2D eigenvalue weighted by molar-refractivity contribution is 5.90. The number of para-hydroxylation sites is 2. The van der Waals surface area contributed by atoms with E-state index in [4.69, 9.17) is 4.42 Å². The molecule has 1 amide bonds. The van der Waals surface area contributed by atoms with Gasteiger partial charge in [0.05, 0.1) is 5.41 Å². The van der Waals surface area contributed by atoms with E-state index < -0.39 is 0 Å². The highest BCUT2D eigenvalue weighted by Crippen LogP contribution is 2.75. The number of fused-ring (bicyclic) bond motifs is 2. The van der Waals surface area contributed by atoms with Gasteiger partial charge in [-0.25, -0.2) is 4.98 Å². The Morgan fingerprint density at radius 3 is 2.58 bits per heavy atom. The molecule has 2 aliphatic carbocycles. The van der Waals surface area contributed by atoms with Crippen LogP contribution in [0.3, 0.4) is 0 Å². The highest BCUT2D eigenvalue weighted by Gasteiger charge is 2.74. The smallest absolute Gasteiger partial charge is 0.227 e. The van der Waals surface area contributed by atoms with Crippen molar-refractivity contribution in [2.24, 2.45) is 11.3 Å². The zero-order valence-corrected chi connectivity index (χ0v) is 13.2. The van der Waals surface area contributed by atoms with E-state index in [2.05, 4.69) is 22.4 Å². The number of rotatable bonds is 5. The zero-order valence-electron chi connectivity index (χ0n) is 13.2. The van der Waals surface area contributed by atoms with E-state index in [1.165, 1.54) is 0 Å². The molecule has 0 saturated heterocycles. The topological polar surface area (TPSA) is 55.1 Å². The van der Waals surface area contributed by atoms with Crippen molar-refractivity contribution in [1.82, 2.24) is 10.3 Å². The Hall–Kier alpha value is -2.62. The third-order valence-corrected chi connectivity index (χ3v) is 5.33. The van der Waals surface area contributed by atoms with Crippen molar-refractivity contribution in [3.05, 3.63) is 66.1 Å². The number of carbonyl (C=O) groups is 1. The van der Waals surface area contributed by atoms with E-state index in [0.29, 0.717) is 18.2 Å². The van der Waals surface area contributed by atoms with Crippen LogP contribution in [0.15, 0.2) is 59.0 Å². The fraction of sp³-hybridized carbons (Fsp3) is 0.300. The van der Waals surface area contributed by atoms with Gasteiger partial charge < -0.3 is 9.73 Å². The van der Waals surface area contributed by atoms with Crippen LogP contribution < -0.4 is 5.32 Å². The normalized spacial score (nSPS) is 25.1. The summed E-state index contributed by atoms with van der Waals surface area (Å²) in [6.45, 7) is 0. The molecule has 4 heteroatoms. The first kappa shape index (κ1) is 13.8. The molecule has 2 fully saturated rings.